The zero-order valence-corrected chi connectivity index (χ0v) is 15.5. The Morgan fingerprint density at radius 1 is 1.07 bits per heavy atom. The van der Waals surface area contributed by atoms with E-state index in [-0.39, 0.29) is 18.3 Å². The van der Waals surface area contributed by atoms with Crippen LogP contribution in [0.1, 0.15) is 15.9 Å². The number of amides is 2. The number of hydrogen-bond acceptors (Lipinski definition) is 4. The molecule has 0 spiro atoms. The molecule has 0 heterocycles. The summed E-state index contributed by atoms with van der Waals surface area (Å²) in [6.45, 7) is 1.30. The summed E-state index contributed by atoms with van der Waals surface area (Å²) in [6, 6.07) is 12.7. The molecule has 2 aromatic carbocycles. The molecule has 2 amide bonds. The molecule has 2 rings (SSSR count). The van der Waals surface area contributed by atoms with Crippen LogP contribution < -0.4 is 10.5 Å². The first-order valence-electron chi connectivity index (χ1n) is 8.55. The van der Waals surface area contributed by atoms with E-state index in [1.807, 2.05) is 19.0 Å². The van der Waals surface area contributed by atoms with Crippen LogP contribution in [0.15, 0.2) is 48.5 Å². The SMILES string of the molecule is CN(C)CCN(Cc1ccc(F)cc1)C(=O)c1cccc(OCC(N)=O)c1. The van der Waals surface area contributed by atoms with Gasteiger partial charge in [-0.25, -0.2) is 4.39 Å². The molecule has 0 aliphatic rings. The number of ether oxygens (including phenoxy) is 1. The van der Waals surface area contributed by atoms with Gasteiger partial charge in [-0.3, -0.25) is 9.59 Å². The van der Waals surface area contributed by atoms with Gasteiger partial charge in [0.2, 0.25) is 0 Å². The van der Waals surface area contributed by atoms with Crippen molar-refractivity contribution in [3.05, 3.63) is 65.5 Å². The molecule has 7 heteroatoms. The molecule has 0 bridgehead atoms. The predicted octanol–water partition coefficient (Wildman–Crippen LogP) is 1.89. The number of halogens is 1. The van der Waals surface area contributed by atoms with Crippen molar-refractivity contribution in [3.8, 4) is 5.75 Å². The van der Waals surface area contributed by atoms with Gasteiger partial charge >= 0.3 is 0 Å². The molecule has 0 atom stereocenters. The Bertz CT molecular complexity index is 778. The number of rotatable bonds is 9. The first kappa shape index (κ1) is 20.4. The van der Waals surface area contributed by atoms with Gasteiger partial charge < -0.3 is 20.3 Å². The molecule has 0 aromatic heterocycles. The summed E-state index contributed by atoms with van der Waals surface area (Å²) in [5, 5.41) is 0. The van der Waals surface area contributed by atoms with Crippen LogP contribution in [0.25, 0.3) is 0 Å². The van der Waals surface area contributed by atoms with Crippen LogP contribution in [-0.4, -0.2) is 55.4 Å². The second-order valence-electron chi connectivity index (χ2n) is 6.44. The molecule has 0 saturated carbocycles. The quantitative estimate of drug-likeness (QED) is 0.728. The normalized spacial score (nSPS) is 10.7. The van der Waals surface area contributed by atoms with Crippen molar-refractivity contribution in [2.75, 3.05) is 33.8 Å². The highest BCUT2D eigenvalue weighted by atomic mass is 19.1. The predicted molar refractivity (Wildman–Crippen MR) is 101 cm³/mol. The van der Waals surface area contributed by atoms with Crippen molar-refractivity contribution < 1.29 is 18.7 Å². The highest BCUT2D eigenvalue weighted by Crippen LogP contribution is 2.17. The highest BCUT2D eigenvalue weighted by molar-refractivity contribution is 5.94. The minimum atomic E-state index is -0.587. The fraction of sp³-hybridized carbons (Fsp3) is 0.300. The van der Waals surface area contributed by atoms with Crippen molar-refractivity contribution >= 4 is 11.8 Å². The van der Waals surface area contributed by atoms with Crippen LogP contribution >= 0.6 is 0 Å². The molecule has 0 fully saturated rings. The fourth-order valence-corrected chi connectivity index (χ4v) is 2.44. The van der Waals surface area contributed by atoms with E-state index < -0.39 is 5.91 Å². The number of likely N-dealkylation sites (N-methyl/N-ethyl adjacent to an activating group) is 1. The molecule has 2 aromatic rings. The maximum atomic E-state index is 13.1. The summed E-state index contributed by atoms with van der Waals surface area (Å²) >= 11 is 0. The van der Waals surface area contributed by atoms with E-state index in [4.69, 9.17) is 10.5 Å². The minimum Gasteiger partial charge on any atom is -0.484 e. The first-order chi connectivity index (χ1) is 12.8. The van der Waals surface area contributed by atoms with Crippen molar-refractivity contribution in [2.24, 2.45) is 5.73 Å². The Kier molecular flexibility index (Phi) is 7.31. The number of nitrogens with zero attached hydrogens (tertiary/aromatic N) is 2. The van der Waals surface area contributed by atoms with E-state index in [9.17, 15) is 14.0 Å². The van der Waals surface area contributed by atoms with Gasteiger partial charge in [0, 0.05) is 25.2 Å². The second-order valence-corrected chi connectivity index (χ2v) is 6.44. The summed E-state index contributed by atoms with van der Waals surface area (Å²) in [7, 11) is 3.86. The van der Waals surface area contributed by atoms with Crippen LogP contribution in [0.2, 0.25) is 0 Å². The van der Waals surface area contributed by atoms with Crippen LogP contribution in [0.5, 0.6) is 5.75 Å². The number of carbonyl (C=O) groups is 2. The molecule has 2 N–H and O–H groups in total. The lowest BCUT2D eigenvalue weighted by Gasteiger charge is -2.25. The number of primary amides is 1. The van der Waals surface area contributed by atoms with Gasteiger partial charge in [0.05, 0.1) is 0 Å². The average Bonchev–Trinajstić information content (AvgIpc) is 2.64. The van der Waals surface area contributed by atoms with Crippen LogP contribution in [-0.2, 0) is 11.3 Å². The van der Waals surface area contributed by atoms with E-state index >= 15 is 0 Å². The first-order valence-corrected chi connectivity index (χ1v) is 8.55. The van der Waals surface area contributed by atoms with Gasteiger partial charge in [-0.05, 0) is 50.0 Å². The van der Waals surface area contributed by atoms with Crippen molar-refractivity contribution in [1.82, 2.24) is 9.80 Å². The highest BCUT2D eigenvalue weighted by Gasteiger charge is 2.17. The van der Waals surface area contributed by atoms with E-state index in [1.54, 1.807) is 41.3 Å². The van der Waals surface area contributed by atoms with Crippen LogP contribution in [0.4, 0.5) is 4.39 Å². The number of carbonyl (C=O) groups excluding carboxylic acids is 2. The summed E-state index contributed by atoms with van der Waals surface area (Å²) in [5.41, 5.74) is 6.36. The van der Waals surface area contributed by atoms with Gasteiger partial charge in [0.25, 0.3) is 11.8 Å². The summed E-state index contributed by atoms with van der Waals surface area (Å²) in [4.78, 5) is 27.6. The average molecular weight is 373 g/mol. The molecule has 0 saturated heterocycles. The van der Waals surface area contributed by atoms with Crippen LogP contribution in [0, 0.1) is 5.82 Å². The Morgan fingerprint density at radius 2 is 1.78 bits per heavy atom. The third kappa shape index (κ3) is 6.71. The molecule has 0 aliphatic heterocycles. The van der Waals surface area contributed by atoms with Crippen molar-refractivity contribution in [1.29, 1.82) is 0 Å². The van der Waals surface area contributed by atoms with Gasteiger partial charge in [0.1, 0.15) is 11.6 Å². The third-order valence-electron chi connectivity index (χ3n) is 3.85. The van der Waals surface area contributed by atoms with Gasteiger partial charge in [-0.1, -0.05) is 18.2 Å². The lowest BCUT2D eigenvalue weighted by molar-refractivity contribution is -0.119. The van der Waals surface area contributed by atoms with Gasteiger partial charge in [-0.15, -0.1) is 0 Å². The Morgan fingerprint density at radius 3 is 2.41 bits per heavy atom. The molecule has 27 heavy (non-hydrogen) atoms. The monoisotopic (exact) mass is 373 g/mol. The van der Waals surface area contributed by atoms with Crippen LogP contribution in [0.3, 0.4) is 0 Å². The number of benzene rings is 2. The maximum absolute atomic E-state index is 13.1. The third-order valence-corrected chi connectivity index (χ3v) is 3.85. The summed E-state index contributed by atoms with van der Waals surface area (Å²) in [5.74, 6) is -0.681. The second kappa shape index (κ2) is 9.68. The van der Waals surface area contributed by atoms with Crippen molar-refractivity contribution in [3.63, 3.8) is 0 Å². The molecule has 144 valence electrons. The summed E-state index contributed by atoms with van der Waals surface area (Å²) < 4.78 is 18.4. The Labute approximate surface area is 158 Å². The molecule has 0 aliphatic carbocycles. The largest absolute Gasteiger partial charge is 0.484 e. The topological polar surface area (TPSA) is 75.9 Å². The lowest BCUT2D eigenvalue weighted by atomic mass is 10.1. The van der Waals surface area contributed by atoms with Crippen molar-refractivity contribution in [2.45, 2.75) is 6.54 Å². The van der Waals surface area contributed by atoms with E-state index in [1.165, 1.54) is 12.1 Å². The van der Waals surface area contributed by atoms with Gasteiger partial charge in [0.15, 0.2) is 6.61 Å². The van der Waals surface area contributed by atoms with E-state index in [2.05, 4.69) is 0 Å². The Balaban J connectivity index is 2.17. The number of nitrogens with two attached hydrogens (primary N) is 1. The molecule has 0 radical (unpaired) electrons. The maximum Gasteiger partial charge on any atom is 0.255 e. The fourth-order valence-electron chi connectivity index (χ4n) is 2.44. The van der Waals surface area contributed by atoms with Gasteiger partial charge in [-0.2, -0.15) is 0 Å². The number of hydrogen-bond donors (Lipinski definition) is 1. The molecular formula is C20H24FN3O3. The zero-order valence-electron chi connectivity index (χ0n) is 15.5. The molecular weight excluding hydrogens is 349 g/mol. The van der Waals surface area contributed by atoms with E-state index in [0.29, 0.717) is 30.9 Å². The standard InChI is InChI=1S/C20H24FN3O3/c1-23(2)10-11-24(13-15-6-8-17(21)9-7-15)20(26)16-4-3-5-18(12-16)27-14-19(22)25/h3-9,12H,10-11,13-14H2,1-2H3,(H2,22,25). The Hall–Kier alpha value is -2.93. The summed E-state index contributed by atoms with van der Waals surface area (Å²) in [6.07, 6.45) is 0. The molecule has 0 unspecified atom stereocenters. The molecule has 6 nitrogen and oxygen atoms in total. The minimum absolute atomic E-state index is 0.175. The smallest absolute Gasteiger partial charge is 0.255 e. The lowest BCUT2D eigenvalue weighted by Crippen LogP contribution is -2.36. The van der Waals surface area contributed by atoms with E-state index in [0.717, 1.165) is 5.56 Å². The zero-order chi connectivity index (χ0) is 19.8.